The van der Waals surface area contributed by atoms with Crippen LogP contribution in [0.2, 0.25) is 5.02 Å². The molecule has 0 saturated heterocycles. The molecular weight excluding hydrogens is 428 g/mol. The second-order valence-corrected chi connectivity index (χ2v) is 8.76. The summed E-state index contributed by atoms with van der Waals surface area (Å²) in [5.41, 5.74) is 1.75. The Morgan fingerprint density at radius 2 is 2.00 bits per heavy atom. The van der Waals surface area contributed by atoms with E-state index < -0.39 is 11.9 Å². The zero-order valence-electron chi connectivity index (χ0n) is 16.7. The molecular formula is C20H25ClN4O2S2. The van der Waals surface area contributed by atoms with E-state index in [9.17, 15) is 9.59 Å². The predicted molar refractivity (Wildman–Crippen MR) is 122 cm³/mol. The van der Waals surface area contributed by atoms with Gasteiger partial charge in [0, 0.05) is 11.4 Å². The van der Waals surface area contributed by atoms with Gasteiger partial charge in [0.1, 0.15) is 6.04 Å². The van der Waals surface area contributed by atoms with E-state index in [1.165, 1.54) is 18.0 Å². The molecule has 156 valence electrons. The Kier molecular flexibility index (Phi) is 9.76. The molecule has 1 aromatic heterocycles. The van der Waals surface area contributed by atoms with E-state index in [1.54, 1.807) is 11.8 Å². The molecule has 6 nitrogen and oxygen atoms in total. The van der Waals surface area contributed by atoms with Crippen molar-refractivity contribution in [3.63, 3.8) is 0 Å². The summed E-state index contributed by atoms with van der Waals surface area (Å²) in [6.07, 6.45) is 4.83. The van der Waals surface area contributed by atoms with Crippen LogP contribution >= 0.6 is 35.1 Å². The Bertz CT molecular complexity index is 851. The maximum atomic E-state index is 12.8. The normalized spacial score (nSPS) is 11.7. The van der Waals surface area contributed by atoms with E-state index in [0.29, 0.717) is 11.6 Å². The third-order valence-corrected chi connectivity index (χ3v) is 6.00. The summed E-state index contributed by atoms with van der Waals surface area (Å²) in [5, 5.41) is 6.33. The molecule has 2 amide bonds. The van der Waals surface area contributed by atoms with Crippen molar-refractivity contribution >= 4 is 52.6 Å². The van der Waals surface area contributed by atoms with Gasteiger partial charge in [-0.15, -0.1) is 0 Å². The molecule has 0 aliphatic carbocycles. The quantitative estimate of drug-likeness (QED) is 0.409. The number of amides is 2. The number of thioether (sulfide) groups is 2. The Morgan fingerprint density at radius 3 is 2.69 bits per heavy atom. The number of nitrogens with one attached hydrogen (secondary N) is 2. The van der Waals surface area contributed by atoms with E-state index in [-0.39, 0.29) is 16.6 Å². The molecule has 2 N–H and O–H groups in total. The molecule has 1 heterocycles. The zero-order valence-corrected chi connectivity index (χ0v) is 19.1. The summed E-state index contributed by atoms with van der Waals surface area (Å²) in [6, 6.07) is 6.81. The maximum absolute atomic E-state index is 12.8. The minimum atomic E-state index is -0.702. The lowest BCUT2D eigenvalue weighted by molar-refractivity contribution is -0.118. The standard InChI is InChI=1S/C20H25ClN4O2S2/c1-4-10-29-20-22-12-14(21)17(25-20)19(27)24-16(9-11-28-3)18(26)23-15-8-6-5-7-13(15)2/h5-8,12,16H,4,9-11H2,1-3H3,(H,23,26)(H,24,27). The van der Waals surface area contributed by atoms with Crippen LogP contribution in [0.3, 0.4) is 0 Å². The number of carbonyl (C=O) groups is 2. The fraction of sp³-hybridized carbons (Fsp3) is 0.400. The number of aromatic nitrogens is 2. The van der Waals surface area contributed by atoms with Crippen molar-refractivity contribution in [2.24, 2.45) is 0 Å². The second-order valence-electron chi connectivity index (χ2n) is 6.31. The summed E-state index contributed by atoms with van der Waals surface area (Å²) < 4.78 is 0. The molecule has 0 fully saturated rings. The number of para-hydroxylation sites is 1. The number of hydrogen-bond donors (Lipinski definition) is 2. The number of hydrogen-bond acceptors (Lipinski definition) is 6. The lowest BCUT2D eigenvalue weighted by atomic mass is 10.1. The third-order valence-electron chi connectivity index (χ3n) is 4.01. The van der Waals surface area contributed by atoms with E-state index in [1.807, 2.05) is 37.4 Å². The highest BCUT2D eigenvalue weighted by atomic mass is 35.5. The Morgan fingerprint density at radius 1 is 1.24 bits per heavy atom. The van der Waals surface area contributed by atoms with Gasteiger partial charge in [-0.05, 0) is 43.4 Å². The first-order chi connectivity index (χ1) is 14.0. The van der Waals surface area contributed by atoms with Crippen molar-refractivity contribution in [3.8, 4) is 0 Å². The second kappa shape index (κ2) is 12.0. The summed E-state index contributed by atoms with van der Waals surface area (Å²) in [7, 11) is 0. The number of rotatable bonds is 10. The average molecular weight is 453 g/mol. The Labute approximate surface area is 185 Å². The van der Waals surface area contributed by atoms with Crippen molar-refractivity contribution in [1.82, 2.24) is 15.3 Å². The van der Waals surface area contributed by atoms with Gasteiger partial charge in [-0.1, -0.05) is 48.5 Å². The topological polar surface area (TPSA) is 84.0 Å². The summed E-state index contributed by atoms with van der Waals surface area (Å²) in [4.78, 5) is 34.0. The SMILES string of the molecule is CCCSc1ncc(Cl)c(C(=O)NC(CCSC)C(=O)Nc2ccccc2C)n1. The highest BCUT2D eigenvalue weighted by Crippen LogP contribution is 2.19. The molecule has 9 heteroatoms. The molecule has 29 heavy (non-hydrogen) atoms. The first kappa shape index (κ1) is 23.5. The van der Waals surface area contributed by atoms with Crippen LogP contribution in [0.25, 0.3) is 0 Å². The van der Waals surface area contributed by atoms with Crippen LogP contribution < -0.4 is 10.6 Å². The zero-order chi connectivity index (χ0) is 21.2. The van der Waals surface area contributed by atoms with Gasteiger partial charge in [-0.25, -0.2) is 9.97 Å². The minimum Gasteiger partial charge on any atom is -0.339 e. The first-order valence-corrected chi connectivity index (χ1v) is 12.0. The van der Waals surface area contributed by atoms with Gasteiger partial charge >= 0.3 is 0 Å². The van der Waals surface area contributed by atoms with Crippen LogP contribution in [0.1, 0.15) is 35.8 Å². The van der Waals surface area contributed by atoms with E-state index in [2.05, 4.69) is 27.5 Å². The number of halogens is 1. The van der Waals surface area contributed by atoms with Crippen molar-refractivity contribution in [2.45, 2.75) is 37.9 Å². The van der Waals surface area contributed by atoms with Gasteiger partial charge in [0.05, 0.1) is 11.2 Å². The summed E-state index contributed by atoms with van der Waals surface area (Å²) in [6.45, 7) is 3.97. The van der Waals surface area contributed by atoms with Crippen molar-refractivity contribution in [3.05, 3.63) is 46.7 Å². The molecule has 1 aromatic carbocycles. The van der Waals surface area contributed by atoms with Gasteiger partial charge in [-0.3, -0.25) is 9.59 Å². The van der Waals surface area contributed by atoms with Gasteiger partial charge in [0.15, 0.2) is 10.9 Å². The monoisotopic (exact) mass is 452 g/mol. The van der Waals surface area contributed by atoms with Gasteiger partial charge in [0.2, 0.25) is 5.91 Å². The lowest BCUT2D eigenvalue weighted by Crippen LogP contribution is -2.44. The Hall–Kier alpha value is -1.77. The molecule has 1 atom stereocenters. The fourth-order valence-electron chi connectivity index (χ4n) is 2.44. The smallest absolute Gasteiger partial charge is 0.272 e. The molecule has 2 aromatic rings. The average Bonchev–Trinajstić information content (AvgIpc) is 2.71. The predicted octanol–water partition coefficient (Wildman–Crippen LogP) is 4.43. The molecule has 0 aliphatic rings. The molecule has 2 rings (SSSR count). The number of aryl methyl sites for hydroxylation is 1. The summed E-state index contributed by atoms with van der Waals surface area (Å²) in [5.74, 6) is 0.813. The lowest BCUT2D eigenvalue weighted by Gasteiger charge is -2.19. The largest absolute Gasteiger partial charge is 0.339 e. The van der Waals surface area contributed by atoms with Gasteiger partial charge in [-0.2, -0.15) is 11.8 Å². The number of carbonyl (C=O) groups excluding carboxylic acids is 2. The molecule has 0 saturated carbocycles. The molecule has 0 radical (unpaired) electrons. The highest BCUT2D eigenvalue weighted by Gasteiger charge is 2.24. The molecule has 0 spiro atoms. The van der Waals surface area contributed by atoms with Crippen LogP contribution in [0.5, 0.6) is 0 Å². The first-order valence-electron chi connectivity index (χ1n) is 9.27. The van der Waals surface area contributed by atoms with E-state index >= 15 is 0 Å². The number of anilines is 1. The van der Waals surface area contributed by atoms with Crippen LogP contribution in [-0.4, -0.2) is 45.6 Å². The summed E-state index contributed by atoms with van der Waals surface area (Å²) >= 11 is 9.21. The van der Waals surface area contributed by atoms with Crippen LogP contribution in [0, 0.1) is 6.92 Å². The molecule has 1 unspecified atom stereocenters. The van der Waals surface area contributed by atoms with Crippen LogP contribution in [0.4, 0.5) is 5.69 Å². The van der Waals surface area contributed by atoms with E-state index in [4.69, 9.17) is 11.6 Å². The highest BCUT2D eigenvalue weighted by molar-refractivity contribution is 7.99. The van der Waals surface area contributed by atoms with Crippen molar-refractivity contribution < 1.29 is 9.59 Å². The number of benzene rings is 1. The van der Waals surface area contributed by atoms with Crippen LogP contribution in [0.15, 0.2) is 35.6 Å². The van der Waals surface area contributed by atoms with Crippen LogP contribution in [-0.2, 0) is 4.79 Å². The minimum absolute atomic E-state index is 0.0816. The number of nitrogens with zero attached hydrogens (tertiary/aromatic N) is 2. The van der Waals surface area contributed by atoms with Crippen molar-refractivity contribution in [1.29, 1.82) is 0 Å². The fourth-order valence-corrected chi connectivity index (χ4v) is 3.76. The van der Waals surface area contributed by atoms with E-state index in [0.717, 1.165) is 29.2 Å². The third kappa shape index (κ3) is 7.21. The molecule has 0 bridgehead atoms. The van der Waals surface area contributed by atoms with Crippen molar-refractivity contribution in [2.75, 3.05) is 23.1 Å². The Balaban J connectivity index is 2.15. The van der Waals surface area contributed by atoms with Gasteiger partial charge < -0.3 is 10.6 Å². The maximum Gasteiger partial charge on any atom is 0.272 e. The van der Waals surface area contributed by atoms with Gasteiger partial charge in [0.25, 0.3) is 5.91 Å². The molecule has 0 aliphatic heterocycles.